The second kappa shape index (κ2) is 9.33. The number of hydrogen-bond donors (Lipinski definition) is 2. The van der Waals surface area contributed by atoms with Crippen molar-refractivity contribution in [1.29, 1.82) is 0 Å². The van der Waals surface area contributed by atoms with Crippen molar-refractivity contribution in [3.05, 3.63) is 42.0 Å². The van der Waals surface area contributed by atoms with Crippen LogP contribution in [0.5, 0.6) is 0 Å². The zero-order chi connectivity index (χ0) is 17.3. The zero-order valence-corrected chi connectivity index (χ0v) is 13.1. The number of nitrogens with zero attached hydrogens (tertiary/aromatic N) is 1. The Morgan fingerprint density at radius 1 is 1.00 bits per heavy atom. The number of Topliss-reactive ketones (excluding diaryl/α,β-unsaturated/α-hetero) is 1. The number of carboxylic acids is 2. The summed E-state index contributed by atoms with van der Waals surface area (Å²) >= 11 is 0. The van der Waals surface area contributed by atoms with Gasteiger partial charge in [0.05, 0.1) is 0 Å². The fourth-order valence-corrected chi connectivity index (χ4v) is 1.53. The first-order valence-electron chi connectivity index (χ1n) is 6.61. The molecule has 0 spiro atoms. The molecule has 1 rings (SSSR count). The molecule has 0 aromatic heterocycles. The zero-order valence-electron chi connectivity index (χ0n) is 13.1. The van der Waals surface area contributed by atoms with Gasteiger partial charge in [0.2, 0.25) is 0 Å². The second-order valence-electron chi connectivity index (χ2n) is 4.94. The number of hydrogen-bond acceptors (Lipinski definition) is 4. The van der Waals surface area contributed by atoms with Crippen LogP contribution >= 0.6 is 0 Å². The minimum Gasteiger partial charge on any atom is -0.478 e. The molecule has 0 fully saturated rings. The van der Waals surface area contributed by atoms with Gasteiger partial charge >= 0.3 is 11.9 Å². The lowest BCUT2D eigenvalue weighted by atomic mass is 9.99. The normalized spacial score (nSPS) is 10.0. The Kier molecular flexibility index (Phi) is 8.22. The van der Waals surface area contributed by atoms with Crippen LogP contribution < -0.4 is 4.90 Å². The van der Waals surface area contributed by atoms with Crippen LogP contribution in [-0.4, -0.2) is 42.0 Å². The van der Waals surface area contributed by atoms with Gasteiger partial charge in [0.15, 0.2) is 5.78 Å². The Balaban J connectivity index is 0.000000472. The maximum Gasteiger partial charge on any atom is 0.328 e. The monoisotopic (exact) mass is 307 g/mol. The van der Waals surface area contributed by atoms with Crippen LogP contribution in [0.3, 0.4) is 0 Å². The minimum absolute atomic E-state index is 0.0519. The Bertz CT molecular complexity index is 545. The highest BCUT2D eigenvalue weighted by atomic mass is 16.4. The van der Waals surface area contributed by atoms with Gasteiger partial charge in [0, 0.05) is 43.4 Å². The highest BCUT2D eigenvalue weighted by Crippen LogP contribution is 2.20. The molecule has 6 heteroatoms. The summed E-state index contributed by atoms with van der Waals surface area (Å²) in [6.45, 7) is 3.85. The summed E-state index contributed by atoms with van der Waals surface area (Å²) in [7, 11) is 3.90. The van der Waals surface area contributed by atoms with E-state index in [1.54, 1.807) is 0 Å². The van der Waals surface area contributed by atoms with Gasteiger partial charge in [-0.05, 0) is 12.1 Å². The summed E-state index contributed by atoms with van der Waals surface area (Å²) in [5.41, 5.74) is 1.80. The first-order valence-corrected chi connectivity index (χ1v) is 6.61. The van der Waals surface area contributed by atoms with E-state index in [-0.39, 0.29) is 11.7 Å². The molecule has 1 aromatic rings. The number of anilines is 1. The molecule has 0 aliphatic carbocycles. The van der Waals surface area contributed by atoms with Crippen molar-refractivity contribution in [3.8, 4) is 0 Å². The smallest absolute Gasteiger partial charge is 0.328 e. The van der Waals surface area contributed by atoms with Crippen molar-refractivity contribution >= 4 is 23.4 Å². The lowest BCUT2D eigenvalue weighted by Gasteiger charge is -2.17. The Morgan fingerprint density at radius 2 is 1.45 bits per heavy atom. The number of carbonyl (C=O) groups is 3. The quantitative estimate of drug-likeness (QED) is 0.640. The van der Waals surface area contributed by atoms with Crippen LogP contribution in [0.15, 0.2) is 36.4 Å². The summed E-state index contributed by atoms with van der Waals surface area (Å²) in [5, 5.41) is 15.6. The molecule has 0 heterocycles. The van der Waals surface area contributed by atoms with Crippen molar-refractivity contribution in [2.75, 3.05) is 19.0 Å². The Hall–Kier alpha value is -2.63. The fraction of sp³-hybridized carbons (Fsp3) is 0.312. The predicted molar refractivity (Wildman–Crippen MR) is 84.3 cm³/mol. The number of carbonyl (C=O) groups excluding carboxylic acids is 1. The molecule has 0 aliphatic rings. The van der Waals surface area contributed by atoms with Crippen molar-refractivity contribution in [2.24, 2.45) is 5.92 Å². The topological polar surface area (TPSA) is 94.9 Å². The van der Waals surface area contributed by atoms with Gasteiger partial charge in [-0.2, -0.15) is 0 Å². The highest BCUT2D eigenvalue weighted by Gasteiger charge is 2.14. The van der Waals surface area contributed by atoms with E-state index in [0.29, 0.717) is 12.2 Å². The Labute approximate surface area is 129 Å². The maximum absolute atomic E-state index is 11.8. The number of rotatable bonds is 5. The maximum atomic E-state index is 11.8. The van der Waals surface area contributed by atoms with Gasteiger partial charge in [0.1, 0.15) is 0 Å². The van der Waals surface area contributed by atoms with Crippen LogP contribution in [0.4, 0.5) is 5.69 Å². The number of carboxylic acid groups (broad SMARTS) is 2. The van der Waals surface area contributed by atoms with E-state index >= 15 is 0 Å². The summed E-state index contributed by atoms with van der Waals surface area (Å²) < 4.78 is 0. The van der Waals surface area contributed by atoms with Crippen LogP contribution in [0.2, 0.25) is 0 Å². The van der Waals surface area contributed by atoms with E-state index in [1.807, 2.05) is 57.1 Å². The van der Waals surface area contributed by atoms with Crippen LogP contribution in [0.1, 0.15) is 24.2 Å². The summed E-state index contributed by atoms with van der Waals surface area (Å²) in [4.78, 5) is 32.9. The molecule has 0 saturated carbocycles. The lowest BCUT2D eigenvalue weighted by molar-refractivity contribution is -0.134. The standard InChI is InChI=1S/C12H17NO.C4H4O4/c1-9(2)12(14)10-7-5-6-8-11(10)13(3)4;5-3(6)1-2-4(7)8/h5-9H,1-4H3;1-2H,(H,5,6)(H,7,8)/b;2-1-. The molecule has 0 saturated heterocycles. The summed E-state index contributed by atoms with van der Waals surface area (Å²) in [5.74, 6) is -2.26. The largest absolute Gasteiger partial charge is 0.478 e. The minimum atomic E-state index is -1.26. The molecular formula is C16H21NO5. The van der Waals surface area contributed by atoms with Crippen molar-refractivity contribution in [1.82, 2.24) is 0 Å². The third-order valence-electron chi connectivity index (χ3n) is 2.54. The number of para-hydroxylation sites is 1. The van der Waals surface area contributed by atoms with Gasteiger partial charge in [0.25, 0.3) is 0 Å². The first-order chi connectivity index (χ1) is 10.2. The molecule has 6 nitrogen and oxygen atoms in total. The van der Waals surface area contributed by atoms with Crippen molar-refractivity contribution in [3.63, 3.8) is 0 Å². The van der Waals surface area contributed by atoms with Gasteiger partial charge in [-0.3, -0.25) is 4.79 Å². The summed E-state index contributed by atoms with van der Waals surface area (Å²) in [6, 6.07) is 7.71. The first kappa shape index (κ1) is 19.4. The molecule has 22 heavy (non-hydrogen) atoms. The van der Waals surface area contributed by atoms with E-state index in [4.69, 9.17) is 10.2 Å². The number of ketones is 1. The molecule has 120 valence electrons. The van der Waals surface area contributed by atoms with E-state index in [1.165, 1.54) is 0 Å². The highest BCUT2D eigenvalue weighted by molar-refractivity contribution is 6.02. The van der Waals surface area contributed by atoms with Gasteiger partial charge in [-0.25, -0.2) is 9.59 Å². The fourth-order valence-electron chi connectivity index (χ4n) is 1.53. The predicted octanol–water partition coefficient (Wildman–Crippen LogP) is 2.30. The lowest BCUT2D eigenvalue weighted by Crippen LogP contribution is -2.16. The van der Waals surface area contributed by atoms with Gasteiger partial charge in [-0.15, -0.1) is 0 Å². The van der Waals surface area contributed by atoms with E-state index in [0.717, 1.165) is 11.3 Å². The third kappa shape index (κ3) is 7.23. The molecule has 2 N–H and O–H groups in total. The molecular weight excluding hydrogens is 286 g/mol. The molecule has 0 atom stereocenters. The van der Waals surface area contributed by atoms with Crippen LogP contribution in [0.25, 0.3) is 0 Å². The molecule has 0 amide bonds. The van der Waals surface area contributed by atoms with Crippen molar-refractivity contribution < 1.29 is 24.6 Å². The molecule has 0 bridgehead atoms. The van der Waals surface area contributed by atoms with Crippen LogP contribution in [0, 0.1) is 5.92 Å². The van der Waals surface area contributed by atoms with Gasteiger partial charge in [-0.1, -0.05) is 26.0 Å². The SMILES string of the molecule is CC(C)C(=O)c1ccccc1N(C)C.O=C(O)/C=C\C(=O)O. The number of benzene rings is 1. The van der Waals surface area contributed by atoms with E-state index < -0.39 is 11.9 Å². The molecule has 0 unspecified atom stereocenters. The molecule has 0 radical (unpaired) electrons. The van der Waals surface area contributed by atoms with Gasteiger partial charge < -0.3 is 15.1 Å². The van der Waals surface area contributed by atoms with E-state index in [2.05, 4.69) is 0 Å². The average molecular weight is 307 g/mol. The molecule has 1 aromatic carbocycles. The second-order valence-corrected chi connectivity index (χ2v) is 4.94. The summed E-state index contributed by atoms with van der Waals surface area (Å²) in [6.07, 6.45) is 1.12. The van der Waals surface area contributed by atoms with Crippen molar-refractivity contribution in [2.45, 2.75) is 13.8 Å². The molecule has 0 aliphatic heterocycles. The average Bonchev–Trinajstić information content (AvgIpc) is 2.44. The third-order valence-corrected chi connectivity index (χ3v) is 2.54. The Morgan fingerprint density at radius 3 is 1.82 bits per heavy atom. The number of aliphatic carboxylic acids is 2. The van der Waals surface area contributed by atoms with Crippen LogP contribution in [-0.2, 0) is 9.59 Å². The van der Waals surface area contributed by atoms with E-state index in [9.17, 15) is 14.4 Å².